The molecule has 1 N–H and O–H groups in total. The highest BCUT2D eigenvalue weighted by molar-refractivity contribution is 6.30. The van der Waals surface area contributed by atoms with Crippen molar-refractivity contribution in [3.05, 3.63) is 41.0 Å². The van der Waals surface area contributed by atoms with E-state index in [1.807, 2.05) is 17.7 Å². The van der Waals surface area contributed by atoms with Gasteiger partial charge >= 0.3 is 6.01 Å². The lowest BCUT2D eigenvalue weighted by Gasteiger charge is -2.27. The number of carbonyl (C=O) groups excluding carboxylic acids is 2. The van der Waals surface area contributed by atoms with Crippen LogP contribution in [-0.4, -0.2) is 38.3 Å². The van der Waals surface area contributed by atoms with Gasteiger partial charge in [-0.3, -0.25) is 19.8 Å². The predicted octanol–water partition coefficient (Wildman–Crippen LogP) is 3.05. The molecule has 150 valence electrons. The van der Waals surface area contributed by atoms with Crippen molar-refractivity contribution in [2.75, 3.05) is 16.8 Å². The van der Waals surface area contributed by atoms with Gasteiger partial charge in [0.15, 0.2) is 0 Å². The average molecular weight is 415 g/mol. The maximum atomic E-state index is 12.6. The Labute approximate surface area is 171 Å². The summed E-state index contributed by atoms with van der Waals surface area (Å²) in [5.74, 6) is 0.602. The maximum absolute atomic E-state index is 12.6. The third kappa shape index (κ3) is 4.29. The number of halogens is 1. The Hall–Kier alpha value is -3.20. The summed E-state index contributed by atoms with van der Waals surface area (Å²) in [5.41, 5.74) is 1.54. The molecule has 3 aromatic rings. The molecule has 1 aliphatic heterocycles. The van der Waals surface area contributed by atoms with E-state index in [1.54, 1.807) is 29.2 Å². The van der Waals surface area contributed by atoms with Crippen LogP contribution in [0.5, 0.6) is 0 Å². The monoisotopic (exact) mass is 414 g/mol. The molecule has 3 heterocycles. The van der Waals surface area contributed by atoms with Gasteiger partial charge in [0.05, 0.1) is 5.69 Å². The summed E-state index contributed by atoms with van der Waals surface area (Å²) in [4.78, 5) is 30.6. The van der Waals surface area contributed by atoms with Crippen LogP contribution in [0.15, 0.2) is 34.9 Å². The molecule has 0 atom stereocenters. The van der Waals surface area contributed by atoms with Crippen LogP contribution in [-0.2, 0) is 16.1 Å². The van der Waals surface area contributed by atoms with E-state index in [9.17, 15) is 9.59 Å². The van der Waals surface area contributed by atoms with Crippen molar-refractivity contribution in [2.45, 2.75) is 32.7 Å². The molecular weight excluding hydrogens is 396 g/mol. The highest BCUT2D eigenvalue weighted by atomic mass is 35.5. The zero-order chi connectivity index (χ0) is 20.4. The lowest BCUT2D eigenvalue weighted by Crippen LogP contribution is -2.37. The van der Waals surface area contributed by atoms with Crippen molar-refractivity contribution in [1.82, 2.24) is 19.9 Å². The number of aromatic nitrogens is 4. The van der Waals surface area contributed by atoms with Crippen molar-refractivity contribution in [3.63, 3.8) is 0 Å². The molecular formula is C19H19ClN6O3. The standard InChI is InChI=1S/C19H19ClN6O3/c1-12-10-16-25(8-3-9-26(16)23-12)17(28)7-6-15(27)21-19-22-18(24-29-19)13-4-2-5-14(20)11-13/h2,4-5,10-11H,3,6-9H2,1H3,(H,21,22,24,27). The fraction of sp³-hybridized carbons (Fsp3) is 0.316. The number of rotatable bonds is 5. The summed E-state index contributed by atoms with van der Waals surface area (Å²) in [5, 5.41) is 11.3. The fourth-order valence-corrected chi connectivity index (χ4v) is 3.41. The van der Waals surface area contributed by atoms with Crippen molar-refractivity contribution < 1.29 is 14.1 Å². The highest BCUT2D eigenvalue weighted by Gasteiger charge is 2.24. The summed E-state index contributed by atoms with van der Waals surface area (Å²) in [6.45, 7) is 3.31. The summed E-state index contributed by atoms with van der Waals surface area (Å²) in [6, 6.07) is 8.85. The molecule has 0 aliphatic carbocycles. The molecule has 0 unspecified atom stereocenters. The van der Waals surface area contributed by atoms with Crippen molar-refractivity contribution in [3.8, 4) is 11.4 Å². The third-order valence-electron chi connectivity index (χ3n) is 4.53. The van der Waals surface area contributed by atoms with Crippen molar-refractivity contribution in [2.24, 2.45) is 0 Å². The number of benzene rings is 1. The van der Waals surface area contributed by atoms with E-state index < -0.39 is 0 Å². The molecule has 0 radical (unpaired) electrons. The van der Waals surface area contributed by atoms with Crippen LogP contribution in [0.1, 0.15) is 25.0 Å². The molecule has 0 saturated carbocycles. The maximum Gasteiger partial charge on any atom is 0.328 e. The number of carbonyl (C=O) groups is 2. The number of nitrogens with zero attached hydrogens (tertiary/aromatic N) is 5. The van der Waals surface area contributed by atoms with Gasteiger partial charge in [-0.1, -0.05) is 28.9 Å². The number of amides is 2. The molecule has 1 aromatic carbocycles. The van der Waals surface area contributed by atoms with E-state index in [0.717, 1.165) is 24.5 Å². The van der Waals surface area contributed by atoms with Gasteiger partial charge in [0.25, 0.3) is 0 Å². The van der Waals surface area contributed by atoms with Crippen molar-refractivity contribution in [1.29, 1.82) is 0 Å². The molecule has 1 aliphatic rings. The lowest BCUT2D eigenvalue weighted by atomic mass is 10.2. The average Bonchev–Trinajstić information content (AvgIpc) is 3.31. The number of hydrogen-bond donors (Lipinski definition) is 1. The number of hydrogen-bond acceptors (Lipinski definition) is 6. The van der Waals surface area contributed by atoms with E-state index >= 15 is 0 Å². The topological polar surface area (TPSA) is 106 Å². The zero-order valence-electron chi connectivity index (χ0n) is 15.8. The molecule has 0 bridgehead atoms. The Balaban J connectivity index is 1.33. The third-order valence-corrected chi connectivity index (χ3v) is 4.77. The minimum atomic E-state index is -0.374. The van der Waals surface area contributed by atoms with E-state index in [2.05, 4.69) is 20.6 Å². The van der Waals surface area contributed by atoms with Gasteiger partial charge in [-0.05, 0) is 25.5 Å². The van der Waals surface area contributed by atoms with Gasteiger partial charge in [-0.25, -0.2) is 4.68 Å². The number of nitrogens with one attached hydrogen (secondary N) is 1. The molecule has 0 spiro atoms. The lowest BCUT2D eigenvalue weighted by molar-refractivity contribution is -0.122. The Kier molecular flexibility index (Phi) is 5.30. The first-order valence-electron chi connectivity index (χ1n) is 9.24. The van der Waals surface area contributed by atoms with E-state index in [1.165, 1.54) is 0 Å². The molecule has 0 fully saturated rings. The van der Waals surface area contributed by atoms with Gasteiger partial charge in [0, 0.05) is 42.6 Å². The quantitative estimate of drug-likeness (QED) is 0.687. The summed E-state index contributed by atoms with van der Waals surface area (Å²) in [7, 11) is 0. The Morgan fingerprint density at radius 1 is 1.24 bits per heavy atom. The first-order valence-corrected chi connectivity index (χ1v) is 9.62. The normalized spacial score (nSPS) is 13.2. The van der Waals surface area contributed by atoms with Crippen LogP contribution >= 0.6 is 11.6 Å². The first kappa shape index (κ1) is 19.1. The van der Waals surface area contributed by atoms with E-state index in [4.69, 9.17) is 16.1 Å². The number of anilines is 2. The van der Waals surface area contributed by atoms with Gasteiger partial charge in [-0.2, -0.15) is 10.1 Å². The van der Waals surface area contributed by atoms with Gasteiger partial charge < -0.3 is 4.52 Å². The molecule has 10 heteroatoms. The molecule has 9 nitrogen and oxygen atoms in total. The van der Waals surface area contributed by atoms with Gasteiger partial charge in [-0.15, -0.1) is 0 Å². The number of fused-ring (bicyclic) bond motifs is 1. The summed E-state index contributed by atoms with van der Waals surface area (Å²) >= 11 is 5.96. The van der Waals surface area contributed by atoms with Crippen LogP contribution in [0.3, 0.4) is 0 Å². The van der Waals surface area contributed by atoms with Crippen molar-refractivity contribution >= 4 is 35.2 Å². The van der Waals surface area contributed by atoms with E-state index in [0.29, 0.717) is 23.0 Å². The summed E-state index contributed by atoms with van der Waals surface area (Å²) in [6.07, 6.45) is 0.920. The minimum Gasteiger partial charge on any atom is -0.315 e. The molecule has 2 amide bonds. The SMILES string of the molecule is Cc1cc2n(n1)CCCN2C(=O)CCC(=O)Nc1nc(-c2cccc(Cl)c2)no1. The summed E-state index contributed by atoms with van der Waals surface area (Å²) < 4.78 is 6.88. The first-order chi connectivity index (χ1) is 14.0. The Morgan fingerprint density at radius 2 is 2.10 bits per heavy atom. The largest absolute Gasteiger partial charge is 0.328 e. The Morgan fingerprint density at radius 3 is 2.93 bits per heavy atom. The van der Waals surface area contributed by atoms with Crippen LogP contribution in [0, 0.1) is 6.92 Å². The highest BCUT2D eigenvalue weighted by Crippen LogP contribution is 2.23. The molecule has 0 saturated heterocycles. The van der Waals surface area contributed by atoms with Crippen LogP contribution in [0.4, 0.5) is 11.8 Å². The molecule has 2 aromatic heterocycles. The predicted molar refractivity (Wildman–Crippen MR) is 107 cm³/mol. The van der Waals surface area contributed by atoms with Gasteiger partial charge in [0.2, 0.25) is 17.6 Å². The number of aryl methyl sites for hydroxylation is 2. The Bertz CT molecular complexity index is 1060. The zero-order valence-corrected chi connectivity index (χ0v) is 16.5. The van der Waals surface area contributed by atoms with E-state index in [-0.39, 0.29) is 30.7 Å². The fourth-order valence-electron chi connectivity index (χ4n) is 3.22. The smallest absolute Gasteiger partial charge is 0.315 e. The second-order valence-electron chi connectivity index (χ2n) is 6.75. The van der Waals surface area contributed by atoms with Crippen LogP contribution < -0.4 is 10.2 Å². The minimum absolute atomic E-state index is 0.0112. The molecule has 29 heavy (non-hydrogen) atoms. The second kappa shape index (κ2) is 8.04. The van der Waals surface area contributed by atoms with Crippen LogP contribution in [0.25, 0.3) is 11.4 Å². The van der Waals surface area contributed by atoms with Gasteiger partial charge in [0.1, 0.15) is 5.82 Å². The second-order valence-corrected chi connectivity index (χ2v) is 7.18. The van der Waals surface area contributed by atoms with Crippen LogP contribution in [0.2, 0.25) is 5.02 Å². The molecule has 4 rings (SSSR count).